The van der Waals surface area contributed by atoms with Gasteiger partial charge in [0, 0.05) is 18.9 Å². The summed E-state index contributed by atoms with van der Waals surface area (Å²) in [5.41, 5.74) is -1.28. The summed E-state index contributed by atoms with van der Waals surface area (Å²) < 4.78 is 43.3. The van der Waals surface area contributed by atoms with Crippen molar-refractivity contribution in [2.45, 2.75) is 66.3 Å². The van der Waals surface area contributed by atoms with Crippen molar-refractivity contribution in [3.05, 3.63) is 0 Å². The molecule has 2 atom stereocenters. The van der Waals surface area contributed by atoms with Gasteiger partial charge in [-0.2, -0.15) is 8.42 Å². The van der Waals surface area contributed by atoms with E-state index in [1.54, 1.807) is 13.8 Å². The van der Waals surface area contributed by atoms with Crippen molar-refractivity contribution >= 4 is 28.1 Å². The third-order valence-corrected chi connectivity index (χ3v) is 4.87. The van der Waals surface area contributed by atoms with Gasteiger partial charge in [-0.05, 0) is 27.2 Å². The summed E-state index contributed by atoms with van der Waals surface area (Å²) in [4.78, 5) is 34.2. The van der Waals surface area contributed by atoms with Crippen LogP contribution in [0.5, 0.6) is 0 Å². The molecule has 0 saturated heterocycles. The predicted molar refractivity (Wildman–Crippen MR) is 106 cm³/mol. The van der Waals surface area contributed by atoms with Crippen LogP contribution in [0.15, 0.2) is 0 Å². The van der Waals surface area contributed by atoms with Crippen LogP contribution in [0.1, 0.15) is 48.0 Å². The van der Waals surface area contributed by atoms with Gasteiger partial charge in [0.05, 0.1) is 18.5 Å². The van der Waals surface area contributed by atoms with Crippen molar-refractivity contribution in [1.82, 2.24) is 5.32 Å². The highest BCUT2D eigenvalue weighted by Gasteiger charge is 2.37. The lowest BCUT2D eigenvalue weighted by Gasteiger charge is -2.28. The lowest BCUT2D eigenvalue weighted by molar-refractivity contribution is -0.164. The lowest BCUT2D eigenvalue weighted by Crippen LogP contribution is -2.42. The van der Waals surface area contributed by atoms with E-state index in [2.05, 4.69) is 5.32 Å². The first kappa shape index (κ1) is 28.1. The molecule has 0 radical (unpaired) electrons. The van der Waals surface area contributed by atoms with Gasteiger partial charge < -0.3 is 24.6 Å². The Morgan fingerprint density at radius 2 is 1.70 bits per heavy atom. The largest absolute Gasteiger partial charge is 0.508 e. The average molecular weight is 456 g/mol. The van der Waals surface area contributed by atoms with Crippen molar-refractivity contribution in [2.75, 3.05) is 25.5 Å². The van der Waals surface area contributed by atoms with Crippen molar-refractivity contribution < 1.29 is 46.3 Å². The van der Waals surface area contributed by atoms with Gasteiger partial charge in [0.2, 0.25) is 5.91 Å². The monoisotopic (exact) mass is 455 g/mol. The van der Waals surface area contributed by atoms with Gasteiger partial charge in [0.15, 0.2) is 6.10 Å². The molecule has 0 aromatic carbocycles. The van der Waals surface area contributed by atoms with E-state index in [1.165, 1.54) is 27.7 Å². The number of aliphatic hydroxyl groups is 1. The molecule has 2 N–H and O–H groups in total. The van der Waals surface area contributed by atoms with E-state index < -0.39 is 46.5 Å². The van der Waals surface area contributed by atoms with E-state index in [4.69, 9.17) is 18.4 Å². The van der Waals surface area contributed by atoms with Gasteiger partial charge in [0.1, 0.15) is 12.7 Å². The lowest BCUT2D eigenvalue weighted by atomic mass is 9.88. The van der Waals surface area contributed by atoms with Crippen molar-refractivity contribution in [1.29, 1.82) is 0 Å². The second-order valence-electron chi connectivity index (χ2n) is 7.73. The molecule has 12 heteroatoms. The van der Waals surface area contributed by atoms with E-state index >= 15 is 0 Å². The van der Waals surface area contributed by atoms with Crippen LogP contribution in [0.25, 0.3) is 0 Å². The van der Waals surface area contributed by atoms with Gasteiger partial charge in [-0.15, -0.1) is 0 Å². The quantitative estimate of drug-likeness (QED) is 0.231. The van der Waals surface area contributed by atoms with Crippen LogP contribution in [-0.4, -0.2) is 75.4 Å². The minimum atomic E-state index is -3.91. The number of ether oxygens (including phenoxy) is 3. The molecule has 0 aliphatic carbocycles. The maximum atomic E-state index is 12.1. The minimum absolute atomic E-state index is 0.157. The van der Waals surface area contributed by atoms with E-state index in [9.17, 15) is 27.9 Å². The van der Waals surface area contributed by atoms with Gasteiger partial charge >= 0.3 is 12.1 Å². The number of carbonyl (C=O) groups is 3. The van der Waals surface area contributed by atoms with Crippen molar-refractivity contribution in [3.8, 4) is 0 Å². The van der Waals surface area contributed by atoms with Crippen LogP contribution in [0.3, 0.4) is 0 Å². The van der Waals surface area contributed by atoms with Crippen molar-refractivity contribution in [3.63, 3.8) is 0 Å². The van der Waals surface area contributed by atoms with Gasteiger partial charge in [-0.3, -0.25) is 8.98 Å². The molecule has 176 valence electrons. The average Bonchev–Trinajstić information content (AvgIpc) is 2.60. The number of aliphatic hydroxyl groups excluding tert-OH is 1. The molecule has 0 rings (SSSR count). The summed E-state index contributed by atoms with van der Waals surface area (Å²) in [7, 11) is -3.91. The number of carbonyl (C=O) groups excluding carboxylic acids is 3. The standard InChI is InChI=1S/C18H33NO10S/c1-12(2)28-17(23)29-13(3)10-26-16(22)15(21)18(5,6)11-27-30(24,25)9-7-8-19-14(4)20/h12-13,15,21H,7-11H2,1-6H3,(H,19,20)/t13-,15?/m1/s1. The summed E-state index contributed by atoms with van der Waals surface area (Å²) in [6, 6.07) is 0. The van der Waals surface area contributed by atoms with Crippen LogP contribution in [-0.2, 0) is 38.1 Å². The summed E-state index contributed by atoms with van der Waals surface area (Å²) >= 11 is 0. The molecule has 0 fully saturated rings. The summed E-state index contributed by atoms with van der Waals surface area (Å²) in [5.74, 6) is -1.61. The molecular formula is C18H33NO10S. The molecule has 0 aromatic rings. The Morgan fingerprint density at radius 3 is 2.23 bits per heavy atom. The zero-order chi connectivity index (χ0) is 23.5. The molecule has 0 aromatic heterocycles. The molecule has 30 heavy (non-hydrogen) atoms. The second-order valence-corrected chi connectivity index (χ2v) is 9.49. The molecular weight excluding hydrogens is 422 g/mol. The van der Waals surface area contributed by atoms with E-state index in [-0.39, 0.29) is 37.3 Å². The number of hydrogen-bond donors (Lipinski definition) is 2. The van der Waals surface area contributed by atoms with Crippen LogP contribution < -0.4 is 5.32 Å². The van der Waals surface area contributed by atoms with E-state index in [0.717, 1.165) is 0 Å². The van der Waals surface area contributed by atoms with Crippen LogP contribution in [0.2, 0.25) is 0 Å². The third-order valence-electron chi connectivity index (χ3n) is 3.61. The Labute approximate surface area is 177 Å². The smallest absolute Gasteiger partial charge is 0.460 e. The topological polar surface area (TPSA) is 155 Å². The minimum Gasteiger partial charge on any atom is -0.460 e. The first-order valence-electron chi connectivity index (χ1n) is 9.50. The summed E-state index contributed by atoms with van der Waals surface area (Å²) in [6.07, 6.45) is -3.61. The van der Waals surface area contributed by atoms with Crippen LogP contribution in [0, 0.1) is 5.41 Å². The zero-order valence-electron chi connectivity index (χ0n) is 18.3. The molecule has 0 aliphatic rings. The fourth-order valence-electron chi connectivity index (χ4n) is 1.91. The molecule has 0 bridgehead atoms. The van der Waals surface area contributed by atoms with Gasteiger partial charge in [0.25, 0.3) is 10.1 Å². The third kappa shape index (κ3) is 12.6. The van der Waals surface area contributed by atoms with E-state index in [1.807, 2.05) is 0 Å². The Kier molecular flexibility index (Phi) is 11.9. The molecule has 0 saturated carbocycles. The summed E-state index contributed by atoms with van der Waals surface area (Å²) in [6.45, 7) is 8.37. The maximum absolute atomic E-state index is 12.1. The van der Waals surface area contributed by atoms with Crippen LogP contribution >= 0.6 is 0 Å². The highest BCUT2D eigenvalue weighted by atomic mass is 32.2. The molecule has 1 amide bonds. The Hall–Kier alpha value is -1.92. The second kappa shape index (κ2) is 12.7. The molecule has 11 nitrogen and oxygen atoms in total. The Balaban J connectivity index is 4.48. The molecule has 0 aliphatic heterocycles. The van der Waals surface area contributed by atoms with Gasteiger partial charge in [-0.1, -0.05) is 13.8 Å². The highest BCUT2D eigenvalue weighted by molar-refractivity contribution is 7.86. The fourth-order valence-corrected chi connectivity index (χ4v) is 3.01. The zero-order valence-corrected chi connectivity index (χ0v) is 19.1. The maximum Gasteiger partial charge on any atom is 0.508 e. The molecule has 1 unspecified atom stereocenters. The molecule has 0 spiro atoms. The number of hydrogen-bond acceptors (Lipinski definition) is 10. The van der Waals surface area contributed by atoms with Crippen molar-refractivity contribution in [2.24, 2.45) is 5.41 Å². The van der Waals surface area contributed by atoms with Gasteiger partial charge in [-0.25, -0.2) is 9.59 Å². The Morgan fingerprint density at radius 1 is 1.10 bits per heavy atom. The Bertz CT molecular complexity index is 674. The van der Waals surface area contributed by atoms with Crippen LogP contribution in [0.4, 0.5) is 4.79 Å². The fraction of sp³-hybridized carbons (Fsp3) is 0.833. The first-order valence-corrected chi connectivity index (χ1v) is 11.1. The number of rotatable bonds is 13. The number of amides is 1. The predicted octanol–water partition coefficient (Wildman–Crippen LogP) is 0.739. The highest BCUT2D eigenvalue weighted by Crippen LogP contribution is 2.23. The summed E-state index contributed by atoms with van der Waals surface area (Å²) in [5, 5.41) is 12.7. The first-order chi connectivity index (χ1) is 13.7. The molecule has 0 heterocycles. The SMILES string of the molecule is CC(=O)NCCCS(=O)(=O)OCC(C)(C)C(O)C(=O)OC[C@@H](C)OC(=O)OC(C)C. The number of nitrogens with one attached hydrogen (secondary N) is 1. The van der Waals surface area contributed by atoms with E-state index in [0.29, 0.717) is 0 Å². The number of esters is 1. The normalized spacial score (nSPS) is 14.0.